The number of methoxy groups -OCH3 is 1. The predicted molar refractivity (Wildman–Crippen MR) is 72.1 cm³/mol. The first-order valence-corrected chi connectivity index (χ1v) is 6.97. The largest absolute Gasteiger partial charge is 0.452 e. The van der Waals surface area contributed by atoms with E-state index in [1.807, 2.05) is 0 Å². The third-order valence-electron chi connectivity index (χ3n) is 2.35. The molecule has 8 nitrogen and oxygen atoms in total. The van der Waals surface area contributed by atoms with Gasteiger partial charge >= 0.3 is 16.3 Å². The Morgan fingerprint density at radius 1 is 1.25 bits per heavy atom. The van der Waals surface area contributed by atoms with Crippen LogP contribution in [0.25, 0.3) is 11.3 Å². The number of benzene rings is 1. The van der Waals surface area contributed by atoms with Crippen molar-refractivity contribution in [2.45, 2.75) is 0 Å². The van der Waals surface area contributed by atoms with E-state index in [9.17, 15) is 13.2 Å². The van der Waals surface area contributed by atoms with Gasteiger partial charge in [0, 0.05) is 6.20 Å². The molecule has 9 heteroatoms. The number of aromatic nitrogens is 2. The van der Waals surface area contributed by atoms with E-state index in [2.05, 4.69) is 19.7 Å². The average molecular weight is 296 g/mol. The van der Waals surface area contributed by atoms with Crippen molar-refractivity contribution in [3.63, 3.8) is 0 Å². The molecule has 0 aliphatic rings. The fraction of sp³-hybridized carbons (Fsp3) is 0.0909. The van der Waals surface area contributed by atoms with Gasteiger partial charge in [0.15, 0.2) is 0 Å². The zero-order valence-electron chi connectivity index (χ0n) is 10.5. The van der Waals surface area contributed by atoms with Gasteiger partial charge in [-0.05, 0) is 23.8 Å². The van der Waals surface area contributed by atoms with Crippen LogP contribution in [0.5, 0.6) is 0 Å². The van der Waals surface area contributed by atoms with E-state index in [4.69, 9.17) is 0 Å². The maximum absolute atomic E-state index is 11.5. The van der Waals surface area contributed by atoms with Crippen molar-refractivity contribution in [3.8, 4) is 11.3 Å². The number of nitrogens with zero attached hydrogens (tertiary/aromatic N) is 1. The van der Waals surface area contributed by atoms with Gasteiger partial charge in [0.2, 0.25) is 0 Å². The van der Waals surface area contributed by atoms with Crippen LogP contribution in [0, 0.1) is 0 Å². The Morgan fingerprint density at radius 3 is 2.50 bits per heavy atom. The molecule has 3 N–H and O–H groups in total. The number of amides is 1. The molecule has 1 aromatic heterocycles. The van der Waals surface area contributed by atoms with Crippen molar-refractivity contribution in [2.75, 3.05) is 11.8 Å². The van der Waals surface area contributed by atoms with Crippen LogP contribution in [0.4, 0.5) is 10.5 Å². The first-order valence-electron chi connectivity index (χ1n) is 5.48. The first-order chi connectivity index (χ1) is 9.50. The number of nitrogens with one attached hydrogen (secondary N) is 3. The Bertz CT molecular complexity index is 680. The van der Waals surface area contributed by atoms with Crippen LogP contribution >= 0.6 is 0 Å². The third-order valence-corrected chi connectivity index (χ3v) is 3.29. The van der Waals surface area contributed by atoms with Crippen LogP contribution in [-0.4, -0.2) is 31.8 Å². The van der Waals surface area contributed by atoms with Crippen LogP contribution in [0.3, 0.4) is 0 Å². The van der Waals surface area contributed by atoms with Crippen molar-refractivity contribution in [1.29, 1.82) is 0 Å². The molecule has 2 rings (SSSR count). The van der Waals surface area contributed by atoms with E-state index in [1.54, 1.807) is 41.3 Å². The lowest BCUT2D eigenvalue weighted by Crippen LogP contribution is -2.35. The summed E-state index contributed by atoms with van der Waals surface area (Å²) in [6.07, 6.45) is 0.554. The molecule has 0 saturated carbocycles. The zero-order chi connectivity index (χ0) is 14.6. The third kappa shape index (κ3) is 3.48. The molecule has 0 aliphatic heterocycles. The van der Waals surface area contributed by atoms with Gasteiger partial charge in [-0.15, -0.1) is 0 Å². The van der Waals surface area contributed by atoms with E-state index in [-0.39, 0.29) is 0 Å². The molecule has 20 heavy (non-hydrogen) atoms. The minimum absolute atomic E-state index is 0.310. The van der Waals surface area contributed by atoms with Gasteiger partial charge in [-0.1, -0.05) is 12.1 Å². The summed E-state index contributed by atoms with van der Waals surface area (Å²) in [5, 5.41) is 6.62. The van der Waals surface area contributed by atoms with Gasteiger partial charge < -0.3 is 4.74 Å². The van der Waals surface area contributed by atoms with Crippen molar-refractivity contribution < 1.29 is 17.9 Å². The van der Waals surface area contributed by atoms with Crippen molar-refractivity contribution in [2.24, 2.45) is 0 Å². The number of carbonyl (C=O) groups is 1. The summed E-state index contributed by atoms with van der Waals surface area (Å²) in [4.78, 5) is 10.9. The Labute approximate surface area is 115 Å². The highest BCUT2D eigenvalue weighted by Gasteiger charge is 2.14. The van der Waals surface area contributed by atoms with Crippen LogP contribution in [-0.2, 0) is 14.9 Å². The molecule has 1 heterocycles. The molecule has 0 atom stereocenters. The fourth-order valence-electron chi connectivity index (χ4n) is 1.47. The second kappa shape index (κ2) is 5.61. The lowest BCUT2D eigenvalue weighted by atomic mass is 10.1. The second-order valence-corrected chi connectivity index (χ2v) is 5.16. The number of H-pyrrole nitrogens is 1. The number of carbonyl (C=O) groups excluding carboxylic acids is 1. The van der Waals surface area contributed by atoms with Crippen molar-refractivity contribution in [3.05, 3.63) is 36.5 Å². The predicted octanol–water partition coefficient (Wildman–Crippen LogP) is 1.09. The quantitative estimate of drug-likeness (QED) is 0.781. The van der Waals surface area contributed by atoms with E-state index >= 15 is 0 Å². The summed E-state index contributed by atoms with van der Waals surface area (Å²) in [6, 6.07) is 8.34. The normalized spacial score (nSPS) is 10.8. The molecule has 1 amide bonds. The van der Waals surface area contributed by atoms with Crippen LogP contribution in [0.15, 0.2) is 36.5 Å². The number of aromatic amines is 1. The molecule has 0 saturated heterocycles. The summed E-state index contributed by atoms with van der Waals surface area (Å²) in [7, 11) is -2.93. The SMILES string of the molecule is COC(=O)NS(=O)(=O)Nc1ccc(-c2ccn[nH]2)cc1. The summed E-state index contributed by atoms with van der Waals surface area (Å²) >= 11 is 0. The molecule has 1 aromatic carbocycles. The maximum atomic E-state index is 11.5. The van der Waals surface area contributed by atoms with Crippen LogP contribution in [0.2, 0.25) is 0 Å². The number of rotatable bonds is 4. The molecule has 0 fully saturated rings. The molecular weight excluding hydrogens is 284 g/mol. The van der Waals surface area contributed by atoms with Gasteiger partial charge in [-0.3, -0.25) is 9.82 Å². The number of hydrogen-bond donors (Lipinski definition) is 3. The number of hydrogen-bond acceptors (Lipinski definition) is 5. The van der Waals surface area contributed by atoms with E-state index < -0.39 is 16.3 Å². The van der Waals surface area contributed by atoms with Crippen LogP contribution in [0.1, 0.15) is 0 Å². The second-order valence-electron chi connectivity index (χ2n) is 3.75. The Hall–Kier alpha value is -2.55. The molecular formula is C11H12N4O4S. The zero-order valence-corrected chi connectivity index (χ0v) is 11.3. The van der Waals surface area contributed by atoms with Gasteiger partial charge in [0.1, 0.15) is 0 Å². The monoisotopic (exact) mass is 296 g/mol. The Kier molecular flexibility index (Phi) is 3.89. The average Bonchev–Trinajstić information content (AvgIpc) is 2.92. The van der Waals surface area contributed by atoms with Gasteiger partial charge in [0.25, 0.3) is 0 Å². The minimum Gasteiger partial charge on any atom is -0.452 e. The fourth-order valence-corrected chi connectivity index (χ4v) is 2.27. The standard InChI is InChI=1S/C11H12N4O4S/c1-19-11(16)15-20(17,18)14-9-4-2-8(3-5-9)10-6-7-12-13-10/h2-7,14H,1H3,(H,12,13)(H,15,16). The lowest BCUT2D eigenvalue weighted by molar-refractivity contribution is 0.177. The van der Waals surface area contributed by atoms with Crippen molar-refractivity contribution >= 4 is 22.0 Å². The first kappa shape index (κ1) is 13.9. The summed E-state index contributed by atoms with van der Waals surface area (Å²) < 4.78 is 31.2. The topological polar surface area (TPSA) is 113 Å². The molecule has 0 radical (unpaired) electrons. The molecule has 0 unspecified atom stereocenters. The maximum Gasteiger partial charge on any atom is 0.422 e. The van der Waals surface area contributed by atoms with Gasteiger partial charge in [-0.25, -0.2) is 9.52 Å². The van der Waals surface area contributed by atoms with Crippen molar-refractivity contribution in [1.82, 2.24) is 14.9 Å². The summed E-state index contributed by atoms with van der Waals surface area (Å²) in [5.74, 6) is 0. The molecule has 0 spiro atoms. The summed E-state index contributed by atoms with van der Waals surface area (Å²) in [5.41, 5.74) is 1.98. The molecule has 0 aliphatic carbocycles. The highest BCUT2D eigenvalue weighted by atomic mass is 32.2. The summed E-state index contributed by atoms with van der Waals surface area (Å²) in [6.45, 7) is 0. The minimum atomic E-state index is -4.01. The van der Waals surface area contributed by atoms with E-state index in [1.165, 1.54) is 0 Å². The lowest BCUT2D eigenvalue weighted by Gasteiger charge is -2.08. The van der Waals surface area contributed by atoms with Gasteiger partial charge in [0.05, 0.1) is 18.5 Å². The van der Waals surface area contributed by atoms with E-state index in [0.29, 0.717) is 5.69 Å². The number of anilines is 1. The van der Waals surface area contributed by atoms with Crippen LogP contribution < -0.4 is 9.44 Å². The Balaban J connectivity index is 2.09. The molecule has 0 bridgehead atoms. The molecule has 2 aromatic rings. The number of ether oxygens (including phenoxy) is 1. The smallest absolute Gasteiger partial charge is 0.422 e. The Morgan fingerprint density at radius 2 is 1.95 bits per heavy atom. The highest BCUT2D eigenvalue weighted by molar-refractivity contribution is 7.91. The molecule has 106 valence electrons. The van der Waals surface area contributed by atoms with E-state index in [0.717, 1.165) is 18.4 Å². The highest BCUT2D eigenvalue weighted by Crippen LogP contribution is 2.19. The van der Waals surface area contributed by atoms with Gasteiger partial charge in [-0.2, -0.15) is 13.5 Å².